The molecule has 0 aliphatic rings. The van der Waals surface area contributed by atoms with E-state index in [1.807, 2.05) is 0 Å². The molecule has 0 heterocycles. The Bertz CT molecular complexity index is 899. The number of nitro groups is 1. The molecular weight excluding hydrogens is 350 g/mol. The third-order valence-corrected chi connectivity index (χ3v) is 5.11. The summed E-state index contributed by atoms with van der Waals surface area (Å²) in [4.78, 5) is 11.0. The predicted octanol–water partition coefficient (Wildman–Crippen LogP) is 3.52. The lowest BCUT2D eigenvalue weighted by atomic mass is 10.3. The molecule has 1 N–H and O–H groups in total. The Morgan fingerprint density at radius 1 is 1.12 bits per heavy atom. The van der Waals surface area contributed by atoms with E-state index >= 15 is 0 Å². The van der Waals surface area contributed by atoms with Crippen LogP contribution in [-0.4, -0.2) is 13.3 Å². The summed E-state index contributed by atoms with van der Waals surface area (Å²) in [6, 6.07) is 13.7. The monoisotopic (exact) mass is 361 g/mol. The van der Waals surface area contributed by atoms with E-state index in [9.17, 15) is 18.5 Å². The van der Waals surface area contributed by atoms with Gasteiger partial charge in [0.25, 0.3) is 5.69 Å². The van der Waals surface area contributed by atoms with Crippen molar-refractivity contribution in [3.8, 4) is 6.07 Å². The molecule has 0 saturated heterocycles. The van der Waals surface area contributed by atoms with Crippen LogP contribution in [-0.2, 0) is 9.84 Å². The van der Waals surface area contributed by atoms with E-state index in [1.165, 1.54) is 36.2 Å². The first-order valence-corrected chi connectivity index (χ1v) is 8.87. The van der Waals surface area contributed by atoms with E-state index in [4.69, 9.17) is 5.26 Å². The van der Waals surface area contributed by atoms with Gasteiger partial charge >= 0.3 is 0 Å². The van der Waals surface area contributed by atoms with Crippen molar-refractivity contribution in [2.24, 2.45) is 0 Å². The Morgan fingerprint density at radius 2 is 1.75 bits per heavy atom. The summed E-state index contributed by atoms with van der Waals surface area (Å²) < 4.78 is 26.7. The Balaban J connectivity index is 2.03. The fourth-order valence-electron chi connectivity index (χ4n) is 1.66. The zero-order valence-corrected chi connectivity index (χ0v) is 13.8. The maximum absolute atomic E-state index is 11.9. The van der Waals surface area contributed by atoms with Gasteiger partial charge in [-0.1, -0.05) is 0 Å². The molecule has 7 nitrogen and oxygen atoms in total. The zero-order valence-electron chi connectivity index (χ0n) is 12.1. The first-order chi connectivity index (χ1) is 11.4. The number of nitrogens with one attached hydrogen (secondary N) is 1. The topological polar surface area (TPSA) is 113 Å². The molecule has 2 rings (SSSR count). The quantitative estimate of drug-likeness (QED) is 0.362. The average molecular weight is 361 g/mol. The van der Waals surface area contributed by atoms with E-state index in [0.29, 0.717) is 5.69 Å². The number of hydrogen-bond acceptors (Lipinski definition) is 7. The maximum atomic E-state index is 11.9. The van der Waals surface area contributed by atoms with Gasteiger partial charge in [0.1, 0.15) is 0 Å². The molecule has 2 aromatic carbocycles. The van der Waals surface area contributed by atoms with Crippen molar-refractivity contribution >= 4 is 33.2 Å². The second kappa shape index (κ2) is 7.63. The molecule has 0 bridgehead atoms. The molecule has 0 atom stereocenters. The lowest BCUT2D eigenvalue weighted by Gasteiger charge is -2.06. The molecule has 24 heavy (non-hydrogen) atoms. The van der Waals surface area contributed by atoms with Gasteiger partial charge in [0, 0.05) is 34.2 Å². The Labute approximate surface area is 142 Å². The number of nitrogens with zero attached hydrogens (tertiary/aromatic N) is 2. The van der Waals surface area contributed by atoms with Crippen molar-refractivity contribution in [1.82, 2.24) is 0 Å². The van der Waals surface area contributed by atoms with Crippen LogP contribution in [0, 0.1) is 21.4 Å². The van der Waals surface area contributed by atoms with Crippen LogP contribution in [0.2, 0.25) is 0 Å². The van der Waals surface area contributed by atoms with Gasteiger partial charge in [0.15, 0.2) is 0 Å². The third kappa shape index (κ3) is 4.58. The van der Waals surface area contributed by atoms with Crippen molar-refractivity contribution in [2.75, 3.05) is 4.72 Å². The number of non-ortho nitro benzene ring substituents is 1. The summed E-state index contributed by atoms with van der Waals surface area (Å²) in [5, 5.41) is 19.8. The van der Waals surface area contributed by atoms with Gasteiger partial charge in [0.05, 0.1) is 15.9 Å². The number of anilines is 1. The van der Waals surface area contributed by atoms with Crippen LogP contribution in [0.3, 0.4) is 0 Å². The number of sulfone groups is 1. The summed E-state index contributed by atoms with van der Waals surface area (Å²) in [5.41, 5.74) is 0.681. The summed E-state index contributed by atoms with van der Waals surface area (Å²) in [7, 11) is -3.62. The van der Waals surface area contributed by atoms with Gasteiger partial charge < -0.3 is 4.72 Å². The minimum Gasteiger partial charge on any atom is -0.326 e. The largest absolute Gasteiger partial charge is 0.326 e. The normalized spacial score (nSPS) is 11.1. The second-order valence-corrected chi connectivity index (χ2v) is 7.17. The van der Waals surface area contributed by atoms with Gasteiger partial charge in [-0.2, -0.15) is 5.26 Å². The number of benzene rings is 2. The minimum absolute atomic E-state index is 0.0133. The highest BCUT2D eigenvalue weighted by Crippen LogP contribution is 2.24. The lowest BCUT2D eigenvalue weighted by molar-refractivity contribution is -0.384. The van der Waals surface area contributed by atoms with Gasteiger partial charge in [-0.05, 0) is 48.3 Å². The van der Waals surface area contributed by atoms with Crippen molar-refractivity contribution < 1.29 is 13.3 Å². The molecule has 0 aromatic heterocycles. The minimum atomic E-state index is -3.62. The molecular formula is C15H11N3O4S2. The molecule has 122 valence electrons. The van der Waals surface area contributed by atoms with Gasteiger partial charge in [-0.25, -0.2) is 8.42 Å². The molecule has 9 heteroatoms. The molecule has 0 unspecified atom stereocenters. The van der Waals surface area contributed by atoms with Gasteiger partial charge in [0.2, 0.25) is 9.84 Å². The second-order valence-electron chi connectivity index (χ2n) is 4.46. The van der Waals surface area contributed by atoms with Crippen LogP contribution in [0.5, 0.6) is 0 Å². The van der Waals surface area contributed by atoms with Crippen molar-refractivity contribution in [1.29, 1.82) is 5.26 Å². The Hall–Kier alpha value is -2.83. The maximum Gasteiger partial charge on any atom is 0.269 e. The van der Waals surface area contributed by atoms with Crippen LogP contribution < -0.4 is 4.72 Å². The summed E-state index contributed by atoms with van der Waals surface area (Å²) in [5.74, 6) is 0. The van der Waals surface area contributed by atoms with Gasteiger partial charge in [-0.15, -0.1) is 0 Å². The Morgan fingerprint density at radius 3 is 2.29 bits per heavy atom. The number of allylic oxidation sites excluding steroid dienone is 1. The van der Waals surface area contributed by atoms with E-state index < -0.39 is 14.8 Å². The third-order valence-electron chi connectivity index (χ3n) is 2.84. The summed E-state index contributed by atoms with van der Waals surface area (Å²) in [6.45, 7) is 0. The molecule has 0 spiro atoms. The van der Waals surface area contributed by atoms with E-state index in [0.717, 1.165) is 16.4 Å². The summed E-state index contributed by atoms with van der Waals surface area (Å²) >= 11 is 1.24. The molecule has 2 aromatic rings. The number of hydrogen-bond donors (Lipinski definition) is 1. The molecule has 0 radical (unpaired) electrons. The molecule has 0 saturated carbocycles. The van der Waals surface area contributed by atoms with Crippen LogP contribution >= 0.6 is 11.9 Å². The molecule has 0 fully saturated rings. The smallest absolute Gasteiger partial charge is 0.269 e. The number of rotatable bonds is 6. The van der Waals surface area contributed by atoms with E-state index in [1.54, 1.807) is 30.3 Å². The SMILES string of the molecule is N#CC=CS(=O)(=O)c1ccc(NSc2ccc([N+](=O)[O-])cc2)cc1. The fourth-order valence-corrected chi connectivity index (χ4v) is 3.22. The van der Waals surface area contributed by atoms with Crippen LogP contribution in [0.15, 0.2) is 69.8 Å². The number of nitriles is 1. The van der Waals surface area contributed by atoms with Crippen LogP contribution in [0.25, 0.3) is 0 Å². The lowest BCUT2D eigenvalue weighted by Crippen LogP contribution is -1.96. The first-order valence-electron chi connectivity index (χ1n) is 6.51. The molecule has 0 aliphatic heterocycles. The van der Waals surface area contributed by atoms with Crippen molar-refractivity contribution in [3.63, 3.8) is 0 Å². The number of nitro benzene ring substituents is 1. The molecule has 0 aliphatic carbocycles. The van der Waals surface area contributed by atoms with E-state index in [-0.39, 0.29) is 10.6 Å². The zero-order chi connectivity index (χ0) is 17.6. The van der Waals surface area contributed by atoms with Crippen LogP contribution in [0.1, 0.15) is 0 Å². The van der Waals surface area contributed by atoms with Crippen molar-refractivity contribution in [3.05, 3.63) is 70.1 Å². The predicted molar refractivity (Wildman–Crippen MR) is 91.0 cm³/mol. The Kier molecular flexibility index (Phi) is 5.57. The molecule has 0 amide bonds. The first kappa shape index (κ1) is 17.5. The highest BCUT2D eigenvalue weighted by Gasteiger charge is 2.10. The van der Waals surface area contributed by atoms with Crippen molar-refractivity contribution in [2.45, 2.75) is 9.79 Å². The highest BCUT2D eigenvalue weighted by atomic mass is 32.2. The van der Waals surface area contributed by atoms with Gasteiger partial charge in [-0.3, -0.25) is 10.1 Å². The fraction of sp³-hybridized carbons (Fsp3) is 0. The summed E-state index contributed by atoms with van der Waals surface area (Å²) in [6.07, 6.45) is 0.909. The van der Waals surface area contributed by atoms with Crippen LogP contribution in [0.4, 0.5) is 11.4 Å². The average Bonchev–Trinajstić information content (AvgIpc) is 2.59. The standard InChI is InChI=1S/C15H11N3O4S2/c16-10-1-11-24(21,22)15-8-2-12(3-9-15)17-23-14-6-4-13(5-7-14)18(19)20/h1-9,11,17H. The highest BCUT2D eigenvalue weighted by molar-refractivity contribution is 8.00. The van der Waals surface area contributed by atoms with E-state index in [2.05, 4.69) is 4.72 Å².